The summed E-state index contributed by atoms with van der Waals surface area (Å²) in [5.74, 6) is 0.227. The number of anilines is 2. The van der Waals surface area contributed by atoms with E-state index in [0.717, 1.165) is 11.5 Å². The highest BCUT2D eigenvalue weighted by Gasteiger charge is 2.23. The lowest BCUT2D eigenvalue weighted by Gasteiger charge is -2.36. The highest BCUT2D eigenvalue weighted by Crippen LogP contribution is 2.29. The summed E-state index contributed by atoms with van der Waals surface area (Å²) < 4.78 is 54.4. The molecule has 2 N–H and O–H groups in total. The molecule has 41 heavy (non-hydrogen) atoms. The maximum atomic E-state index is 14.7. The third-order valence-corrected chi connectivity index (χ3v) is 7.88. The van der Waals surface area contributed by atoms with E-state index in [9.17, 15) is 13.3 Å². The Morgan fingerprint density at radius 3 is 2.68 bits per heavy atom. The van der Waals surface area contributed by atoms with Gasteiger partial charge < -0.3 is 24.3 Å². The van der Waals surface area contributed by atoms with Crippen LogP contribution in [0.3, 0.4) is 0 Å². The number of nitrogen functional groups attached to an aromatic ring is 1. The minimum atomic E-state index is -0.945. The molecule has 1 aliphatic heterocycles. The molecule has 0 saturated carbocycles. The van der Waals surface area contributed by atoms with E-state index in [2.05, 4.69) is 25.1 Å². The van der Waals surface area contributed by atoms with E-state index < -0.39 is 22.8 Å². The van der Waals surface area contributed by atoms with Gasteiger partial charge in [0.1, 0.15) is 11.6 Å². The van der Waals surface area contributed by atoms with Crippen LogP contribution in [0, 0.1) is 11.6 Å². The minimum absolute atomic E-state index is 0.00103. The third-order valence-electron chi connectivity index (χ3n) is 7.01. The van der Waals surface area contributed by atoms with Crippen LogP contribution in [0.4, 0.5) is 20.4 Å². The van der Waals surface area contributed by atoms with Gasteiger partial charge in [0.15, 0.2) is 28.6 Å². The molecule has 0 bridgehead atoms. The number of rotatable bonds is 10. The van der Waals surface area contributed by atoms with Crippen LogP contribution < -0.4 is 15.4 Å². The second kappa shape index (κ2) is 11.5. The number of furan rings is 1. The number of hydrogen-bond acceptors (Lipinski definition) is 10. The van der Waals surface area contributed by atoms with Gasteiger partial charge in [0.2, 0.25) is 11.8 Å². The Balaban J connectivity index is 1.09. The first kappa shape index (κ1) is 27.2. The molecule has 0 radical (unpaired) electrons. The lowest BCUT2D eigenvalue weighted by molar-refractivity contribution is 0.244. The van der Waals surface area contributed by atoms with Crippen molar-refractivity contribution in [2.45, 2.75) is 13.0 Å². The quantitative estimate of drug-likeness (QED) is 0.192. The van der Waals surface area contributed by atoms with Gasteiger partial charge in [0, 0.05) is 51.3 Å². The van der Waals surface area contributed by atoms with Crippen LogP contribution in [0.2, 0.25) is 0 Å². The molecule has 216 valence electrons. The van der Waals surface area contributed by atoms with Crippen molar-refractivity contribution in [2.24, 2.45) is 0 Å². The van der Waals surface area contributed by atoms with Gasteiger partial charge in [-0.05, 0) is 12.1 Å². The van der Waals surface area contributed by atoms with E-state index in [4.69, 9.17) is 14.9 Å². The molecule has 1 unspecified atom stereocenters. The molecule has 0 amide bonds. The SMILES string of the molecule is C[S+]([O-])CCCOc1cc(N2CCN(CCn3ncc4c3nc(N)n3nc(-c5ccco5)nc43)CC2)c(F)cc1F. The summed E-state index contributed by atoms with van der Waals surface area (Å²) in [5, 5.41) is 9.66. The van der Waals surface area contributed by atoms with Crippen LogP contribution in [0.25, 0.3) is 28.3 Å². The zero-order valence-corrected chi connectivity index (χ0v) is 23.2. The van der Waals surface area contributed by atoms with Crippen LogP contribution in [0.1, 0.15) is 6.42 Å². The fourth-order valence-electron chi connectivity index (χ4n) is 4.89. The largest absolute Gasteiger partial charge is 0.617 e. The van der Waals surface area contributed by atoms with Gasteiger partial charge in [0.05, 0.1) is 42.9 Å². The molecule has 5 heterocycles. The van der Waals surface area contributed by atoms with Gasteiger partial charge in [-0.25, -0.2) is 18.4 Å². The number of nitrogens with two attached hydrogens (primary N) is 1. The number of piperazine rings is 1. The molecule has 5 aromatic rings. The van der Waals surface area contributed by atoms with Gasteiger partial charge in [-0.2, -0.15) is 14.6 Å². The Morgan fingerprint density at radius 2 is 1.93 bits per heavy atom. The van der Waals surface area contributed by atoms with Crippen molar-refractivity contribution in [1.29, 1.82) is 0 Å². The molecule has 0 spiro atoms. The standard InChI is InChI=1S/C26H29F2N9O3S/c1-41(38)13-3-12-40-22-15-20(18(27)14-19(22)28)35-8-5-34(6-9-35)7-10-36-24-17(16-30-36)25-31-23(21-4-2-11-39-21)33-37(25)26(29)32-24/h2,4,11,14-16H,3,5-10,12-13H2,1H3,(H2,29,32). The maximum Gasteiger partial charge on any atom is 0.225 e. The van der Waals surface area contributed by atoms with E-state index in [0.29, 0.717) is 80.0 Å². The molecule has 4 aromatic heterocycles. The van der Waals surface area contributed by atoms with E-state index in [1.807, 2.05) is 4.90 Å². The fourth-order valence-corrected chi connectivity index (χ4v) is 5.42. The molecule has 6 rings (SSSR count). The van der Waals surface area contributed by atoms with Crippen molar-refractivity contribution < 1.29 is 22.5 Å². The van der Waals surface area contributed by atoms with E-state index in [1.54, 1.807) is 35.5 Å². The number of halogens is 2. The second-order valence-corrected chi connectivity index (χ2v) is 11.3. The summed E-state index contributed by atoms with van der Waals surface area (Å²) in [5.41, 5.74) is 7.65. The Labute approximate surface area is 236 Å². The van der Waals surface area contributed by atoms with Gasteiger partial charge >= 0.3 is 0 Å². The van der Waals surface area contributed by atoms with Crippen molar-refractivity contribution in [2.75, 3.05) is 62.0 Å². The topological polar surface area (TPSA) is 139 Å². The molecule has 12 nitrogen and oxygen atoms in total. The van der Waals surface area contributed by atoms with E-state index in [1.165, 1.54) is 10.6 Å². The highest BCUT2D eigenvalue weighted by molar-refractivity contribution is 7.90. The van der Waals surface area contributed by atoms with Crippen LogP contribution in [-0.4, -0.2) is 90.2 Å². The molecule has 1 fully saturated rings. The third kappa shape index (κ3) is 5.64. The predicted octanol–water partition coefficient (Wildman–Crippen LogP) is 2.56. The summed E-state index contributed by atoms with van der Waals surface area (Å²) in [4.78, 5) is 13.2. The zero-order valence-electron chi connectivity index (χ0n) is 22.4. The first-order valence-electron chi connectivity index (χ1n) is 13.2. The summed E-state index contributed by atoms with van der Waals surface area (Å²) in [6, 6.07) is 5.81. The van der Waals surface area contributed by atoms with Gasteiger partial charge in [-0.15, -0.1) is 5.10 Å². The van der Waals surface area contributed by atoms with Crippen LogP contribution >= 0.6 is 0 Å². The van der Waals surface area contributed by atoms with Crippen molar-refractivity contribution in [3.05, 3.63) is 48.4 Å². The van der Waals surface area contributed by atoms with Gasteiger partial charge in [-0.3, -0.25) is 4.90 Å². The first-order chi connectivity index (χ1) is 19.9. The van der Waals surface area contributed by atoms with Crippen LogP contribution in [-0.2, 0) is 17.7 Å². The molecule has 1 atom stereocenters. The van der Waals surface area contributed by atoms with Gasteiger partial charge in [-0.1, -0.05) is 11.2 Å². The molecule has 1 aromatic carbocycles. The first-order valence-corrected chi connectivity index (χ1v) is 14.9. The lowest BCUT2D eigenvalue weighted by Crippen LogP contribution is -2.47. The van der Waals surface area contributed by atoms with Crippen LogP contribution in [0.5, 0.6) is 5.75 Å². The summed E-state index contributed by atoms with van der Waals surface area (Å²) >= 11 is -0.945. The number of ether oxygens (including phenoxy) is 1. The monoisotopic (exact) mass is 585 g/mol. The Bertz CT molecular complexity index is 1650. The highest BCUT2D eigenvalue weighted by atomic mass is 32.2. The molecule has 1 saturated heterocycles. The number of nitrogens with zero attached hydrogens (tertiary/aromatic N) is 8. The molecule has 1 aliphatic rings. The Hall–Kier alpha value is -3.95. The predicted molar refractivity (Wildman–Crippen MR) is 150 cm³/mol. The minimum Gasteiger partial charge on any atom is -0.617 e. The average molecular weight is 586 g/mol. The van der Waals surface area contributed by atoms with E-state index >= 15 is 0 Å². The smallest absolute Gasteiger partial charge is 0.225 e. The molecule has 0 aliphatic carbocycles. The van der Waals surface area contributed by atoms with Crippen LogP contribution in [0.15, 0.2) is 41.1 Å². The Kier molecular flexibility index (Phi) is 7.64. The van der Waals surface area contributed by atoms with Crippen molar-refractivity contribution >= 4 is 39.5 Å². The maximum absolute atomic E-state index is 14.7. The van der Waals surface area contributed by atoms with Crippen molar-refractivity contribution in [3.63, 3.8) is 0 Å². The summed E-state index contributed by atoms with van der Waals surface area (Å²) in [7, 11) is 0. The number of hydrogen-bond donors (Lipinski definition) is 1. The summed E-state index contributed by atoms with van der Waals surface area (Å²) in [6.45, 7) is 3.98. The zero-order chi connectivity index (χ0) is 28.5. The lowest BCUT2D eigenvalue weighted by atomic mass is 10.2. The average Bonchev–Trinajstić information content (AvgIpc) is 3.71. The number of fused-ring (bicyclic) bond motifs is 3. The molecule has 15 heteroatoms. The van der Waals surface area contributed by atoms with E-state index in [-0.39, 0.29) is 18.3 Å². The number of aromatic nitrogens is 6. The fraction of sp³-hybridized carbons (Fsp3) is 0.385. The normalized spacial score (nSPS) is 15.3. The Morgan fingerprint density at radius 1 is 1.10 bits per heavy atom. The molecular formula is C26H29F2N9O3S. The number of benzene rings is 1. The second-order valence-electron chi connectivity index (χ2n) is 9.77. The summed E-state index contributed by atoms with van der Waals surface area (Å²) in [6.07, 6.45) is 5.39. The van der Waals surface area contributed by atoms with Crippen molar-refractivity contribution in [3.8, 4) is 17.3 Å². The van der Waals surface area contributed by atoms with Crippen molar-refractivity contribution in [1.82, 2.24) is 34.3 Å². The van der Waals surface area contributed by atoms with Gasteiger partial charge in [0.25, 0.3) is 0 Å². The molecular weight excluding hydrogens is 556 g/mol.